The summed E-state index contributed by atoms with van der Waals surface area (Å²) >= 11 is 0. The predicted molar refractivity (Wildman–Crippen MR) is 76.2 cm³/mol. The van der Waals surface area contributed by atoms with Crippen LogP contribution in [0.25, 0.3) is 0 Å². The number of carbonyl (C=O) groups excluding carboxylic acids is 2. The van der Waals surface area contributed by atoms with Crippen molar-refractivity contribution in [2.45, 2.75) is 25.7 Å². The van der Waals surface area contributed by atoms with E-state index in [0.29, 0.717) is 5.69 Å². The lowest BCUT2D eigenvalue weighted by Gasteiger charge is -2.24. The van der Waals surface area contributed by atoms with Gasteiger partial charge in [-0.1, -0.05) is 31.0 Å². The molecule has 108 valence electrons. The summed E-state index contributed by atoms with van der Waals surface area (Å²) in [4.78, 5) is 24.2. The van der Waals surface area contributed by atoms with E-state index in [4.69, 9.17) is 5.84 Å². The Morgan fingerprint density at radius 1 is 1.20 bits per heavy atom. The molecule has 0 unspecified atom stereocenters. The molecule has 1 aromatic rings. The minimum Gasteiger partial charge on any atom is -0.273 e. The Balaban J connectivity index is 2.10. The molecular weight excluding hydrogens is 256 g/mol. The van der Waals surface area contributed by atoms with E-state index in [2.05, 4.69) is 10.9 Å². The highest BCUT2D eigenvalue weighted by atomic mass is 16.2. The zero-order chi connectivity index (χ0) is 14.4. The number of hydrazine groups is 2. The molecule has 1 aliphatic carbocycles. The third-order valence-corrected chi connectivity index (χ3v) is 3.47. The summed E-state index contributed by atoms with van der Waals surface area (Å²) in [6, 6.07) is 9.01. The molecule has 1 saturated carbocycles. The SMILES string of the molecule is NNCC(=O)N(NC(=O)C1CCCC1)c1ccccc1. The molecular formula is C14H20N4O2. The van der Waals surface area contributed by atoms with Gasteiger partial charge >= 0.3 is 0 Å². The quantitative estimate of drug-likeness (QED) is 0.558. The zero-order valence-electron chi connectivity index (χ0n) is 11.3. The number of amides is 2. The topological polar surface area (TPSA) is 87.5 Å². The van der Waals surface area contributed by atoms with Crippen LogP contribution in [0.3, 0.4) is 0 Å². The molecule has 1 aromatic carbocycles. The molecule has 0 bridgehead atoms. The van der Waals surface area contributed by atoms with E-state index in [0.717, 1.165) is 25.7 Å². The van der Waals surface area contributed by atoms with Gasteiger partial charge in [-0.2, -0.15) is 0 Å². The second kappa shape index (κ2) is 7.02. The number of benzene rings is 1. The maximum Gasteiger partial charge on any atom is 0.261 e. The number of anilines is 1. The molecule has 1 fully saturated rings. The lowest BCUT2D eigenvalue weighted by Crippen LogP contribution is -2.51. The lowest BCUT2D eigenvalue weighted by atomic mass is 10.1. The van der Waals surface area contributed by atoms with E-state index in [1.807, 2.05) is 18.2 Å². The molecule has 0 heterocycles. The van der Waals surface area contributed by atoms with Crippen LogP contribution in [0.2, 0.25) is 0 Å². The highest BCUT2D eigenvalue weighted by molar-refractivity contribution is 5.97. The van der Waals surface area contributed by atoms with Crippen LogP contribution in [0.1, 0.15) is 25.7 Å². The van der Waals surface area contributed by atoms with E-state index in [9.17, 15) is 9.59 Å². The van der Waals surface area contributed by atoms with Gasteiger partial charge < -0.3 is 0 Å². The zero-order valence-corrected chi connectivity index (χ0v) is 11.3. The normalized spacial score (nSPS) is 15.1. The van der Waals surface area contributed by atoms with Crippen molar-refractivity contribution >= 4 is 17.5 Å². The number of nitrogens with two attached hydrogens (primary N) is 1. The molecule has 20 heavy (non-hydrogen) atoms. The Labute approximate surface area is 118 Å². The molecule has 0 aromatic heterocycles. The summed E-state index contributed by atoms with van der Waals surface area (Å²) in [7, 11) is 0. The summed E-state index contributed by atoms with van der Waals surface area (Å²) in [6.07, 6.45) is 3.92. The van der Waals surface area contributed by atoms with Gasteiger partial charge in [0.15, 0.2) is 0 Å². The summed E-state index contributed by atoms with van der Waals surface area (Å²) in [5, 5.41) is 1.26. The predicted octanol–water partition coefficient (Wildman–Crippen LogP) is 0.704. The van der Waals surface area contributed by atoms with Crippen LogP contribution in [0.5, 0.6) is 0 Å². The molecule has 6 heteroatoms. The van der Waals surface area contributed by atoms with Crippen molar-refractivity contribution in [3.8, 4) is 0 Å². The lowest BCUT2D eigenvalue weighted by molar-refractivity contribution is -0.128. The Bertz CT molecular complexity index is 458. The number of hydrogen-bond donors (Lipinski definition) is 3. The Morgan fingerprint density at radius 2 is 1.85 bits per heavy atom. The minimum absolute atomic E-state index is 0.000141. The van der Waals surface area contributed by atoms with Gasteiger partial charge in [0.2, 0.25) is 5.91 Å². The first kappa shape index (κ1) is 14.5. The van der Waals surface area contributed by atoms with Crippen LogP contribution < -0.4 is 21.7 Å². The van der Waals surface area contributed by atoms with Crippen molar-refractivity contribution in [3.05, 3.63) is 30.3 Å². The average Bonchev–Trinajstić information content (AvgIpc) is 3.00. The molecule has 0 saturated heterocycles. The number of nitrogens with one attached hydrogen (secondary N) is 2. The standard InChI is InChI=1S/C14H20N4O2/c15-16-10-13(19)18(12-8-2-1-3-9-12)17-14(20)11-6-4-5-7-11/h1-3,8-9,11,16H,4-7,10,15H2,(H,17,20). The highest BCUT2D eigenvalue weighted by Crippen LogP contribution is 2.25. The van der Waals surface area contributed by atoms with Gasteiger partial charge in [-0.15, -0.1) is 0 Å². The minimum atomic E-state index is -0.301. The van der Waals surface area contributed by atoms with Gasteiger partial charge in [0.1, 0.15) is 0 Å². The highest BCUT2D eigenvalue weighted by Gasteiger charge is 2.26. The number of para-hydroxylation sites is 1. The largest absolute Gasteiger partial charge is 0.273 e. The number of carbonyl (C=O) groups is 2. The first-order valence-electron chi connectivity index (χ1n) is 6.84. The van der Waals surface area contributed by atoms with Crippen molar-refractivity contribution in [2.75, 3.05) is 11.6 Å². The molecule has 4 N–H and O–H groups in total. The van der Waals surface area contributed by atoms with Gasteiger partial charge in [0.25, 0.3) is 5.91 Å². The fourth-order valence-electron chi connectivity index (χ4n) is 2.40. The van der Waals surface area contributed by atoms with E-state index in [1.54, 1.807) is 12.1 Å². The van der Waals surface area contributed by atoms with Crippen molar-refractivity contribution in [2.24, 2.45) is 11.8 Å². The monoisotopic (exact) mass is 276 g/mol. The van der Waals surface area contributed by atoms with Crippen LogP contribution in [-0.4, -0.2) is 18.4 Å². The van der Waals surface area contributed by atoms with Crippen molar-refractivity contribution < 1.29 is 9.59 Å². The third kappa shape index (κ3) is 3.55. The van der Waals surface area contributed by atoms with Gasteiger partial charge in [-0.25, -0.2) is 5.01 Å². The van der Waals surface area contributed by atoms with E-state index in [1.165, 1.54) is 5.01 Å². The van der Waals surface area contributed by atoms with Gasteiger partial charge in [-0.05, 0) is 25.0 Å². The van der Waals surface area contributed by atoms with Crippen LogP contribution in [0.4, 0.5) is 5.69 Å². The van der Waals surface area contributed by atoms with Gasteiger partial charge in [-0.3, -0.25) is 26.3 Å². The summed E-state index contributed by atoms with van der Waals surface area (Å²) < 4.78 is 0. The molecule has 0 spiro atoms. The van der Waals surface area contributed by atoms with Crippen LogP contribution >= 0.6 is 0 Å². The van der Waals surface area contributed by atoms with Crippen molar-refractivity contribution in [1.29, 1.82) is 0 Å². The Kier molecular flexibility index (Phi) is 5.09. The maximum atomic E-state index is 12.2. The molecule has 2 amide bonds. The van der Waals surface area contributed by atoms with Crippen LogP contribution in [0, 0.1) is 5.92 Å². The molecule has 1 aliphatic rings. The second-order valence-corrected chi connectivity index (χ2v) is 4.90. The smallest absolute Gasteiger partial charge is 0.261 e. The number of nitrogens with zero attached hydrogens (tertiary/aromatic N) is 1. The number of hydrogen-bond acceptors (Lipinski definition) is 4. The average molecular weight is 276 g/mol. The van der Waals surface area contributed by atoms with Crippen molar-refractivity contribution in [3.63, 3.8) is 0 Å². The molecule has 0 radical (unpaired) electrons. The van der Waals surface area contributed by atoms with E-state index < -0.39 is 0 Å². The summed E-state index contributed by atoms with van der Waals surface area (Å²) in [5.74, 6) is 4.79. The molecule has 0 aliphatic heterocycles. The maximum absolute atomic E-state index is 12.2. The molecule has 2 rings (SSSR count). The van der Waals surface area contributed by atoms with Gasteiger partial charge in [0, 0.05) is 5.92 Å². The number of rotatable bonds is 4. The fraction of sp³-hybridized carbons (Fsp3) is 0.429. The first-order chi connectivity index (χ1) is 9.72. The first-order valence-corrected chi connectivity index (χ1v) is 6.84. The second-order valence-electron chi connectivity index (χ2n) is 4.90. The van der Waals surface area contributed by atoms with E-state index in [-0.39, 0.29) is 24.3 Å². The molecule has 6 nitrogen and oxygen atoms in total. The van der Waals surface area contributed by atoms with Crippen LogP contribution in [0.15, 0.2) is 30.3 Å². The van der Waals surface area contributed by atoms with Gasteiger partial charge in [0.05, 0.1) is 12.2 Å². The van der Waals surface area contributed by atoms with Crippen molar-refractivity contribution in [1.82, 2.24) is 10.9 Å². The Hall–Kier alpha value is -1.92. The fourth-order valence-corrected chi connectivity index (χ4v) is 2.40. The molecule has 0 atom stereocenters. The summed E-state index contributed by atoms with van der Waals surface area (Å²) in [6.45, 7) is -0.0418. The van der Waals surface area contributed by atoms with E-state index >= 15 is 0 Å². The third-order valence-electron chi connectivity index (χ3n) is 3.47. The van der Waals surface area contributed by atoms with Crippen LogP contribution in [-0.2, 0) is 9.59 Å². The Morgan fingerprint density at radius 3 is 2.45 bits per heavy atom. The summed E-state index contributed by atoms with van der Waals surface area (Å²) in [5.41, 5.74) is 5.65.